The van der Waals surface area contributed by atoms with Gasteiger partial charge in [0.15, 0.2) is 0 Å². The molecule has 186 valence electrons. The van der Waals surface area contributed by atoms with E-state index >= 15 is 0 Å². The topological polar surface area (TPSA) is 84.3 Å². The first-order chi connectivity index (χ1) is 16.3. The van der Waals surface area contributed by atoms with Crippen molar-refractivity contribution in [2.75, 3.05) is 13.1 Å². The minimum absolute atomic E-state index is 0.102. The van der Waals surface area contributed by atoms with E-state index in [2.05, 4.69) is 16.8 Å². The van der Waals surface area contributed by atoms with Crippen molar-refractivity contribution in [2.45, 2.75) is 95.0 Å². The molecular formula is C26H38N4O3S. The number of benzene rings is 1. The number of rotatable bonds is 5. The quantitative estimate of drug-likeness (QED) is 0.672. The molecule has 1 N–H and O–H groups in total. The second-order valence-corrected chi connectivity index (χ2v) is 12.6. The molecule has 1 aliphatic heterocycles. The Balaban J connectivity index is 1.26. The van der Waals surface area contributed by atoms with E-state index in [0.29, 0.717) is 42.8 Å². The monoisotopic (exact) mass is 486 g/mol. The number of sulfonamides is 1. The van der Waals surface area contributed by atoms with Crippen molar-refractivity contribution in [1.29, 1.82) is 0 Å². The lowest BCUT2D eigenvalue weighted by molar-refractivity contribution is -0.127. The van der Waals surface area contributed by atoms with Crippen LogP contribution in [0, 0.1) is 18.8 Å². The fourth-order valence-electron chi connectivity index (χ4n) is 6.32. The number of hydrogen-bond donors (Lipinski definition) is 1. The van der Waals surface area contributed by atoms with Gasteiger partial charge in [0, 0.05) is 31.1 Å². The molecule has 3 aliphatic rings. The molecule has 1 saturated heterocycles. The summed E-state index contributed by atoms with van der Waals surface area (Å²) < 4.78 is 30.6. The number of nitrogens with one attached hydrogen (secondary N) is 1. The summed E-state index contributed by atoms with van der Waals surface area (Å²) in [5, 5.41) is 3.26. The highest BCUT2D eigenvalue weighted by atomic mass is 32.2. The molecule has 8 heteroatoms. The molecule has 2 heterocycles. The Morgan fingerprint density at radius 3 is 2.38 bits per heavy atom. The van der Waals surface area contributed by atoms with Gasteiger partial charge in [0.25, 0.3) is 0 Å². The van der Waals surface area contributed by atoms with Crippen molar-refractivity contribution in [3.63, 3.8) is 0 Å². The summed E-state index contributed by atoms with van der Waals surface area (Å²) >= 11 is 0. The largest absolute Gasteiger partial charge is 0.353 e. The van der Waals surface area contributed by atoms with Crippen LogP contribution in [0.15, 0.2) is 23.1 Å². The molecule has 0 radical (unpaired) electrons. The summed E-state index contributed by atoms with van der Waals surface area (Å²) in [5.41, 5.74) is 1.78. The van der Waals surface area contributed by atoms with Gasteiger partial charge in [0.05, 0.1) is 15.9 Å². The number of aryl methyl sites for hydroxylation is 1. The van der Waals surface area contributed by atoms with E-state index in [9.17, 15) is 13.2 Å². The fourth-order valence-corrected chi connectivity index (χ4v) is 7.81. The van der Waals surface area contributed by atoms with Gasteiger partial charge in [-0.15, -0.1) is 0 Å². The number of fused-ring (bicyclic) bond motifs is 1. The highest BCUT2D eigenvalue weighted by Crippen LogP contribution is 2.34. The smallest absolute Gasteiger partial charge is 0.243 e. The Hall–Kier alpha value is -1.93. The minimum atomic E-state index is -3.61. The molecule has 1 aromatic heterocycles. The van der Waals surface area contributed by atoms with E-state index < -0.39 is 10.0 Å². The van der Waals surface area contributed by atoms with Crippen LogP contribution in [0.3, 0.4) is 0 Å². The van der Waals surface area contributed by atoms with Gasteiger partial charge >= 0.3 is 0 Å². The maximum absolute atomic E-state index is 13.4. The normalized spacial score (nSPS) is 25.7. The van der Waals surface area contributed by atoms with Crippen LogP contribution in [-0.4, -0.2) is 47.3 Å². The lowest BCUT2D eigenvalue weighted by Gasteiger charge is -2.34. The molecule has 34 heavy (non-hydrogen) atoms. The van der Waals surface area contributed by atoms with Crippen LogP contribution in [-0.2, 0) is 14.8 Å². The SMILES string of the molecule is Cc1nc2cc(S(=O)(=O)N3CCC(C(=O)N[C@H]4CCCC[C@H]4C)CC3)ccc2n1C1CCCC1. The van der Waals surface area contributed by atoms with Gasteiger partial charge in [-0.3, -0.25) is 4.79 Å². The van der Waals surface area contributed by atoms with Crippen molar-refractivity contribution in [2.24, 2.45) is 11.8 Å². The van der Waals surface area contributed by atoms with Gasteiger partial charge < -0.3 is 9.88 Å². The van der Waals surface area contributed by atoms with Crippen molar-refractivity contribution in [3.05, 3.63) is 24.0 Å². The summed E-state index contributed by atoms with van der Waals surface area (Å²) in [6.45, 7) is 4.99. The van der Waals surface area contributed by atoms with Crippen LogP contribution in [0.25, 0.3) is 11.0 Å². The van der Waals surface area contributed by atoms with Gasteiger partial charge in [-0.1, -0.05) is 32.6 Å². The molecule has 2 atom stereocenters. The van der Waals surface area contributed by atoms with Crippen molar-refractivity contribution >= 4 is 27.0 Å². The summed E-state index contributed by atoms with van der Waals surface area (Å²) in [7, 11) is -3.61. The number of carbonyl (C=O) groups excluding carboxylic acids is 1. The lowest BCUT2D eigenvalue weighted by Crippen LogP contribution is -2.47. The number of aromatic nitrogens is 2. The third-order valence-corrected chi connectivity index (χ3v) is 10.3. The van der Waals surface area contributed by atoms with Crippen LogP contribution in [0.5, 0.6) is 0 Å². The van der Waals surface area contributed by atoms with Gasteiger partial charge in [0.1, 0.15) is 5.82 Å². The highest BCUT2D eigenvalue weighted by molar-refractivity contribution is 7.89. The molecule has 7 nitrogen and oxygen atoms in total. The molecule has 5 rings (SSSR count). The zero-order valence-electron chi connectivity index (χ0n) is 20.5. The highest BCUT2D eigenvalue weighted by Gasteiger charge is 2.34. The summed E-state index contributed by atoms with van der Waals surface area (Å²) in [4.78, 5) is 17.8. The van der Waals surface area contributed by atoms with Gasteiger partial charge in [-0.05, 0) is 69.6 Å². The average molecular weight is 487 g/mol. The predicted molar refractivity (Wildman–Crippen MR) is 133 cm³/mol. The molecular weight excluding hydrogens is 448 g/mol. The number of nitrogens with zero attached hydrogens (tertiary/aromatic N) is 3. The number of imidazole rings is 1. The molecule has 3 fully saturated rings. The average Bonchev–Trinajstić information content (AvgIpc) is 3.46. The van der Waals surface area contributed by atoms with Crippen LogP contribution in [0.4, 0.5) is 0 Å². The summed E-state index contributed by atoms with van der Waals surface area (Å²) in [6.07, 6.45) is 10.6. The Labute approximate surface area is 203 Å². The second kappa shape index (κ2) is 9.61. The molecule has 0 spiro atoms. The first-order valence-corrected chi connectivity index (χ1v) is 14.6. The minimum Gasteiger partial charge on any atom is -0.353 e. The standard InChI is InChI=1S/C26H38N4O3S/c1-18-7-3-6-10-23(18)28-26(31)20-13-15-29(16-14-20)34(32,33)22-11-12-25-24(17-22)27-19(2)30(25)21-8-4-5-9-21/h11-12,17-18,20-21,23H,3-10,13-16H2,1-2H3,(H,28,31)/t18-,23+/m1/s1. The van der Waals surface area contributed by atoms with Crippen LogP contribution >= 0.6 is 0 Å². The lowest BCUT2D eigenvalue weighted by atomic mass is 9.85. The van der Waals surface area contributed by atoms with E-state index in [0.717, 1.165) is 36.1 Å². The van der Waals surface area contributed by atoms with E-state index in [4.69, 9.17) is 4.98 Å². The molecule has 2 aliphatic carbocycles. The molecule has 1 amide bonds. The second-order valence-electron chi connectivity index (χ2n) is 10.7. The Morgan fingerprint density at radius 2 is 1.68 bits per heavy atom. The molecule has 2 saturated carbocycles. The van der Waals surface area contributed by atoms with Gasteiger partial charge in [0.2, 0.25) is 15.9 Å². The Bertz CT molecular complexity index is 1140. The zero-order chi connectivity index (χ0) is 23.9. The van der Waals surface area contributed by atoms with Crippen molar-refractivity contribution in [1.82, 2.24) is 19.2 Å². The summed E-state index contributed by atoms with van der Waals surface area (Å²) in [5.74, 6) is 1.47. The van der Waals surface area contributed by atoms with Crippen molar-refractivity contribution in [3.8, 4) is 0 Å². The molecule has 0 bridgehead atoms. The fraction of sp³-hybridized carbons (Fsp3) is 0.692. The Morgan fingerprint density at radius 1 is 1.00 bits per heavy atom. The van der Waals surface area contributed by atoms with Crippen LogP contribution < -0.4 is 5.32 Å². The van der Waals surface area contributed by atoms with E-state index in [1.165, 1.54) is 32.1 Å². The summed E-state index contributed by atoms with van der Waals surface area (Å²) in [6, 6.07) is 6.11. The first-order valence-electron chi connectivity index (χ1n) is 13.1. The van der Waals surface area contributed by atoms with Crippen LogP contribution in [0.1, 0.15) is 83.0 Å². The number of hydrogen-bond acceptors (Lipinski definition) is 4. The first kappa shape index (κ1) is 23.8. The molecule has 0 unspecified atom stereocenters. The Kier molecular flexibility index (Phi) is 6.73. The van der Waals surface area contributed by atoms with Gasteiger partial charge in [-0.25, -0.2) is 13.4 Å². The number of carbonyl (C=O) groups is 1. The molecule has 2 aromatic rings. The van der Waals surface area contributed by atoms with E-state index in [-0.39, 0.29) is 17.9 Å². The third-order valence-electron chi connectivity index (χ3n) is 8.43. The van der Waals surface area contributed by atoms with Gasteiger partial charge in [-0.2, -0.15) is 4.31 Å². The third kappa shape index (κ3) is 4.51. The zero-order valence-corrected chi connectivity index (χ0v) is 21.3. The van der Waals surface area contributed by atoms with Crippen LogP contribution in [0.2, 0.25) is 0 Å². The van der Waals surface area contributed by atoms with Crippen molar-refractivity contribution < 1.29 is 13.2 Å². The number of piperidine rings is 1. The maximum Gasteiger partial charge on any atom is 0.243 e. The maximum atomic E-state index is 13.4. The van der Waals surface area contributed by atoms with E-state index in [1.54, 1.807) is 16.4 Å². The van der Waals surface area contributed by atoms with E-state index in [1.807, 2.05) is 13.0 Å². The predicted octanol–water partition coefficient (Wildman–Crippen LogP) is 4.56. The number of amides is 1. The molecule has 1 aromatic carbocycles.